The van der Waals surface area contributed by atoms with Gasteiger partial charge in [0.1, 0.15) is 5.60 Å². The highest BCUT2D eigenvalue weighted by Gasteiger charge is 2.32. The van der Waals surface area contributed by atoms with Crippen molar-refractivity contribution in [1.29, 1.82) is 0 Å². The van der Waals surface area contributed by atoms with Crippen LogP contribution in [-0.2, 0) is 27.7 Å². The fourth-order valence-electron chi connectivity index (χ4n) is 2.19. The van der Waals surface area contributed by atoms with E-state index in [0.717, 1.165) is 15.9 Å². The van der Waals surface area contributed by atoms with Crippen LogP contribution >= 0.6 is 0 Å². The standard InChI is InChI=1S/C13H21N3O4S/c1-9-6-11-10(8-16(14-11)21(5,18)19)7-15(9)12(17)20-13(2,3)4/h8-9H,6-7H2,1-5H3. The van der Waals surface area contributed by atoms with E-state index in [4.69, 9.17) is 4.74 Å². The summed E-state index contributed by atoms with van der Waals surface area (Å²) in [6.45, 7) is 7.64. The molecule has 0 fully saturated rings. The molecule has 0 saturated carbocycles. The summed E-state index contributed by atoms with van der Waals surface area (Å²) in [5.74, 6) is 0. The Labute approximate surface area is 124 Å². The fraction of sp³-hybridized carbons (Fsp3) is 0.692. The molecule has 8 heteroatoms. The Bertz CT molecular complexity index is 657. The minimum atomic E-state index is -3.41. The third-order valence-corrected chi connectivity index (χ3v) is 4.05. The molecular weight excluding hydrogens is 294 g/mol. The maximum atomic E-state index is 12.2. The predicted molar refractivity (Wildman–Crippen MR) is 77.4 cm³/mol. The zero-order valence-corrected chi connectivity index (χ0v) is 13.8. The quantitative estimate of drug-likeness (QED) is 0.782. The number of carbonyl (C=O) groups excluding carboxylic acids is 1. The number of nitrogens with zero attached hydrogens (tertiary/aromatic N) is 3. The van der Waals surface area contributed by atoms with Crippen LogP contribution in [0.4, 0.5) is 4.79 Å². The van der Waals surface area contributed by atoms with E-state index in [1.165, 1.54) is 6.20 Å². The monoisotopic (exact) mass is 315 g/mol. The molecule has 0 bridgehead atoms. The fourth-order valence-corrected chi connectivity index (χ4v) is 2.75. The van der Waals surface area contributed by atoms with Crippen molar-refractivity contribution >= 4 is 16.1 Å². The molecule has 21 heavy (non-hydrogen) atoms. The molecule has 2 heterocycles. The van der Waals surface area contributed by atoms with Crippen LogP contribution < -0.4 is 0 Å². The average molecular weight is 315 g/mol. The number of hydrogen-bond donors (Lipinski definition) is 0. The van der Waals surface area contributed by atoms with Crippen LogP contribution in [0.2, 0.25) is 0 Å². The van der Waals surface area contributed by atoms with Gasteiger partial charge in [-0.25, -0.2) is 13.2 Å². The molecule has 1 unspecified atom stereocenters. The van der Waals surface area contributed by atoms with Crippen molar-refractivity contribution in [2.75, 3.05) is 6.26 Å². The van der Waals surface area contributed by atoms with E-state index >= 15 is 0 Å². The summed E-state index contributed by atoms with van der Waals surface area (Å²) < 4.78 is 29.4. The molecular formula is C13H21N3O4S. The first-order valence-corrected chi connectivity index (χ1v) is 8.60. The van der Waals surface area contributed by atoms with E-state index in [9.17, 15) is 13.2 Å². The lowest BCUT2D eigenvalue weighted by molar-refractivity contribution is 0.0137. The van der Waals surface area contributed by atoms with Crippen molar-refractivity contribution in [1.82, 2.24) is 14.1 Å². The van der Waals surface area contributed by atoms with E-state index in [1.54, 1.807) is 4.90 Å². The summed E-state index contributed by atoms with van der Waals surface area (Å²) in [4.78, 5) is 13.8. The van der Waals surface area contributed by atoms with Gasteiger partial charge in [0.05, 0.1) is 18.5 Å². The lowest BCUT2D eigenvalue weighted by atomic mass is 10.0. The molecule has 1 aliphatic heterocycles. The second kappa shape index (κ2) is 5.01. The van der Waals surface area contributed by atoms with Crippen molar-refractivity contribution in [2.24, 2.45) is 0 Å². The zero-order valence-electron chi connectivity index (χ0n) is 13.0. The van der Waals surface area contributed by atoms with Crippen molar-refractivity contribution in [3.8, 4) is 0 Å². The Hall–Kier alpha value is -1.57. The molecule has 1 amide bonds. The number of hydrogen-bond acceptors (Lipinski definition) is 5. The number of carbonyl (C=O) groups is 1. The second-order valence-electron chi connectivity index (χ2n) is 6.40. The summed E-state index contributed by atoms with van der Waals surface area (Å²) >= 11 is 0. The number of fused-ring (bicyclic) bond motifs is 1. The second-order valence-corrected chi connectivity index (χ2v) is 8.24. The summed E-state index contributed by atoms with van der Waals surface area (Å²) in [5, 5.41) is 4.09. The summed E-state index contributed by atoms with van der Waals surface area (Å²) in [7, 11) is -3.41. The molecule has 1 atom stereocenters. The van der Waals surface area contributed by atoms with Gasteiger partial charge in [0, 0.05) is 24.2 Å². The normalized spacial score (nSPS) is 19.3. The largest absolute Gasteiger partial charge is 0.444 e. The van der Waals surface area contributed by atoms with Crippen molar-refractivity contribution in [2.45, 2.75) is 52.3 Å². The maximum absolute atomic E-state index is 12.2. The highest BCUT2D eigenvalue weighted by Crippen LogP contribution is 2.24. The topological polar surface area (TPSA) is 81.5 Å². The molecule has 7 nitrogen and oxygen atoms in total. The van der Waals surface area contributed by atoms with Crippen molar-refractivity contribution < 1.29 is 17.9 Å². The van der Waals surface area contributed by atoms with Crippen LogP contribution in [0, 0.1) is 0 Å². The van der Waals surface area contributed by atoms with Crippen LogP contribution in [0.5, 0.6) is 0 Å². The Morgan fingerprint density at radius 1 is 1.43 bits per heavy atom. The third-order valence-electron chi connectivity index (χ3n) is 3.19. The molecule has 0 N–H and O–H groups in total. The van der Waals surface area contributed by atoms with Gasteiger partial charge in [-0.1, -0.05) is 0 Å². The smallest absolute Gasteiger partial charge is 0.410 e. The van der Waals surface area contributed by atoms with E-state index < -0.39 is 21.7 Å². The van der Waals surface area contributed by atoms with Gasteiger partial charge >= 0.3 is 6.09 Å². The molecule has 0 aliphatic carbocycles. The van der Waals surface area contributed by atoms with Gasteiger partial charge < -0.3 is 9.64 Å². The van der Waals surface area contributed by atoms with Crippen LogP contribution in [0.25, 0.3) is 0 Å². The first kappa shape index (κ1) is 15.8. The lowest BCUT2D eigenvalue weighted by Gasteiger charge is -2.34. The summed E-state index contributed by atoms with van der Waals surface area (Å²) in [5.41, 5.74) is 0.894. The first-order valence-electron chi connectivity index (χ1n) is 6.75. The van der Waals surface area contributed by atoms with Gasteiger partial charge in [0.25, 0.3) is 10.0 Å². The van der Waals surface area contributed by atoms with Gasteiger partial charge in [-0.15, -0.1) is 0 Å². The van der Waals surface area contributed by atoms with Gasteiger partial charge in [0.15, 0.2) is 0 Å². The summed E-state index contributed by atoms with van der Waals surface area (Å²) in [6, 6.07) is -0.0877. The third kappa shape index (κ3) is 3.55. The molecule has 1 aliphatic rings. The van der Waals surface area contributed by atoms with Gasteiger partial charge in [0.2, 0.25) is 0 Å². The predicted octanol–water partition coefficient (Wildman–Crippen LogP) is 1.37. The van der Waals surface area contributed by atoms with Crippen LogP contribution in [0.1, 0.15) is 39.0 Å². The molecule has 0 aromatic carbocycles. The van der Waals surface area contributed by atoms with E-state index in [-0.39, 0.29) is 6.04 Å². The van der Waals surface area contributed by atoms with Crippen LogP contribution in [0.15, 0.2) is 6.20 Å². The van der Waals surface area contributed by atoms with Crippen LogP contribution in [-0.4, -0.2) is 46.5 Å². The Kier molecular flexibility index (Phi) is 3.77. The minimum Gasteiger partial charge on any atom is -0.444 e. The highest BCUT2D eigenvalue weighted by molar-refractivity contribution is 7.89. The van der Waals surface area contributed by atoms with Gasteiger partial charge in [-0.2, -0.15) is 9.19 Å². The van der Waals surface area contributed by atoms with Gasteiger partial charge in [-0.3, -0.25) is 0 Å². The van der Waals surface area contributed by atoms with Crippen molar-refractivity contribution in [3.63, 3.8) is 0 Å². The van der Waals surface area contributed by atoms with Crippen LogP contribution in [0.3, 0.4) is 0 Å². The van der Waals surface area contributed by atoms with Gasteiger partial charge in [-0.05, 0) is 27.7 Å². The molecule has 0 spiro atoms. The molecule has 118 valence electrons. The number of rotatable bonds is 1. The molecule has 0 radical (unpaired) electrons. The Balaban J connectivity index is 2.24. The number of aromatic nitrogens is 2. The Morgan fingerprint density at radius 3 is 2.57 bits per heavy atom. The molecule has 0 saturated heterocycles. The lowest BCUT2D eigenvalue weighted by Crippen LogP contribution is -2.44. The molecule has 1 aromatic heterocycles. The van der Waals surface area contributed by atoms with E-state index in [2.05, 4.69) is 5.10 Å². The summed E-state index contributed by atoms with van der Waals surface area (Å²) in [6.07, 6.45) is 2.68. The molecule has 1 aromatic rings. The Morgan fingerprint density at radius 2 is 2.05 bits per heavy atom. The molecule has 2 rings (SSSR count). The van der Waals surface area contributed by atoms with E-state index in [0.29, 0.717) is 18.7 Å². The highest BCUT2D eigenvalue weighted by atomic mass is 32.2. The minimum absolute atomic E-state index is 0.0877. The van der Waals surface area contributed by atoms with Crippen molar-refractivity contribution in [3.05, 3.63) is 17.5 Å². The SMILES string of the molecule is CC1Cc2nn(S(C)(=O)=O)cc2CN1C(=O)OC(C)(C)C. The number of amides is 1. The van der Waals surface area contributed by atoms with E-state index in [1.807, 2.05) is 27.7 Å². The maximum Gasteiger partial charge on any atom is 0.410 e. The zero-order chi connectivity index (χ0) is 16.0. The average Bonchev–Trinajstić information content (AvgIpc) is 2.67. The number of ether oxygens (including phenoxy) is 1. The first-order chi connectivity index (χ1) is 9.47.